The maximum Gasteiger partial charge on any atom is 0.193 e. The molecule has 212 valence electrons. The van der Waals surface area contributed by atoms with Gasteiger partial charge in [-0.2, -0.15) is 0 Å². The van der Waals surface area contributed by atoms with Gasteiger partial charge in [-0.15, -0.1) is 11.3 Å². The highest BCUT2D eigenvalue weighted by Gasteiger charge is 2.40. The number of fused-ring (bicyclic) bond motifs is 3. The Kier molecular flexibility index (Phi) is 7.04. The molecule has 0 spiro atoms. The first-order valence-corrected chi connectivity index (χ1v) is 15.7. The molecule has 0 atom stereocenters. The minimum absolute atomic E-state index is 0.1000. The van der Waals surface area contributed by atoms with E-state index in [0.29, 0.717) is 6.42 Å². The summed E-state index contributed by atoms with van der Waals surface area (Å²) in [5.74, 6) is 0. The Balaban J connectivity index is 1.46. The van der Waals surface area contributed by atoms with Crippen molar-refractivity contribution in [2.75, 3.05) is 0 Å². The van der Waals surface area contributed by atoms with Crippen molar-refractivity contribution in [2.45, 2.75) is 31.7 Å². The average molecular weight is 580 g/mol. The molecule has 0 N–H and O–H groups in total. The fourth-order valence-corrected chi connectivity index (χ4v) is 7.70. The molecule has 7 rings (SSSR count). The minimum atomic E-state index is -0.637. The number of hydrogen-bond donors (Lipinski definition) is 0. The van der Waals surface area contributed by atoms with Crippen molar-refractivity contribution in [2.24, 2.45) is 7.05 Å². The molecule has 0 unspecified atom stereocenters. The summed E-state index contributed by atoms with van der Waals surface area (Å²) in [6, 6.07) is 40.3. The van der Waals surface area contributed by atoms with Crippen molar-refractivity contribution >= 4 is 32.5 Å². The lowest BCUT2D eigenvalue weighted by Gasteiger charge is -2.39. The number of hydrogen-bond acceptors (Lipinski definition) is 3. The lowest BCUT2D eigenvalue weighted by Crippen LogP contribution is -2.38. The number of benzene rings is 4. The van der Waals surface area contributed by atoms with Crippen molar-refractivity contribution in [1.29, 1.82) is 0 Å². The molecule has 0 saturated carbocycles. The van der Waals surface area contributed by atoms with Crippen molar-refractivity contribution in [3.63, 3.8) is 0 Å². The predicted molar refractivity (Wildman–Crippen MR) is 178 cm³/mol. The summed E-state index contributed by atoms with van der Waals surface area (Å²) in [5, 5.41) is 3.86. The minimum Gasteiger partial charge on any atom is -0.335 e. The van der Waals surface area contributed by atoms with E-state index in [1.54, 1.807) is 11.3 Å². The molecule has 0 aliphatic rings. The predicted octanol–water partition coefficient (Wildman–Crippen LogP) is 8.33. The van der Waals surface area contributed by atoms with Gasteiger partial charge in [0, 0.05) is 41.0 Å². The Morgan fingerprint density at radius 1 is 0.767 bits per heavy atom. The summed E-state index contributed by atoms with van der Waals surface area (Å²) in [4.78, 5) is 20.1. The molecule has 7 aromatic rings. The monoisotopic (exact) mass is 579 g/mol. The SMILES string of the molecule is CCCc1c(Cc2csc3c(c2=O)c2ccccc2n3C)ncn1C(c1ccccc1)(c1ccccc1)c1ccccc1. The van der Waals surface area contributed by atoms with Gasteiger partial charge in [-0.1, -0.05) is 123 Å². The van der Waals surface area contributed by atoms with Crippen LogP contribution in [0.4, 0.5) is 0 Å². The van der Waals surface area contributed by atoms with Gasteiger partial charge in [0.2, 0.25) is 0 Å². The van der Waals surface area contributed by atoms with Crippen LogP contribution < -0.4 is 5.43 Å². The highest BCUT2D eigenvalue weighted by Crippen LogP contribution is 2.42. The third-order valence-corrected chi connectivity index (χ3v) is 9.72. The van der Waals surface area contributed by atoms with Crippen molar-refractivity contribution in [3.05, 3.63) is 171 Å². The Labute approximate surface area is 255 Å². The van der Waals surface area contributed by atoms with Gasteiger partial charge in [0.05, 0.1) is 17.4 Å². The van der Waals surface area contributed by atoms with E-state index in [2.05, 4.69) is 119 Å². The second kappa shape index (κ2) is 11.2. The molecule has 3 aromatic heterocycles. The quantitative estimate of drug-likeness (QED) is 0.170. The zero-order valence-corrected chi connectivity index (χ0v) is 25.2. The van der Waals surface area contributed by atoms with E-state index >= 15 is 0 Å². The fourth-order valence-electron chi connectivity index (χ4n) is 6.67. The molecular formula is C38H33N3OS. The molecule has 43 heavy (non-hydrogen) atoms. The van der Waals surface area contributed by atoms with E-state index in [9.17, 15) is 4.79 Å². The molecule has 0 fully saturated rings. The van der Waals surface area contributed by atoms with E-state index in [1.807, 2.05) is 30.9 Å². The van der Waals surface area contributed by atoms with Crippen LogP contribution in [0.15, 0.2) is 132 Å². The lowest BCUT2D eigenvalue weighted by atomic mass is 9.76. The van der Waals surface area contributed by atoms with Crippen molar-refractivity contribution in [3.8, 4) is 0 Å². The number of para-hydroxylation sites is 1. The molecular weight excluding hydrogens is 547 g/mol. The first-order chi connectivity index (χ1) is 21.1. The van der Waals surface area contributed by atoms with Crippen molar-refractivity contribution in [1.82, 2.24) is 14.1 Å². The van der Waals surface area contributed by atoms with Gasteiger partial charge in [-0.05, 0) is 29.2 Å². The van der Waals surface area contributed by atoms with E-state index in [4.69, 9.17) is 4.98 Å². The van der Waals surface area contributed by atoms with Crippen LogP contribution in [0.5, 0.6) is 0 Å². The van der Waals surface area contributed by atoms with Gasteiger partial charge in [0.1, 0.15) is 10.4 Å². The number of aromatic nitrogens is 3. The summed E-state index contributed by atoms with van der Waals surface area (Å²) >= 11 is 1.64. The topological polar surface area (TPSA) is 39.8 Å². The van der Waals surface area contributed by atoms with E-state index in [0.717, 1.165) is 67.6 Å². The molecule has 0 radical (unpaired) electrons. The Morgan fingerprint density at radius 3 is 1.91 bits per heavy atom. The fraction of sp³-hybridized carbons (Fsp3) is 0.158. The van der Waals surface area contributed by atoms with Crippen LogP contribution >= 0.6 is 11.3 Å². The van der Waals surface area contributed by atoms with Crippen LogP contribution in [-0.4, -0.2) is 14.1 Å². The van der Waals surface area contributed by atoms with Crippen LogP contribution in [-0.2, 0) is 25.4 Å². The lowest BCUT2D eigenvalue weighted by molar-refractivity contribution is 0.493. The normalized spacial score (nSPS) is 11.9. The van der Waals surface area contributed by atoms with Gasteiger partial charge >= 0.3 is 0 Å². The summed E-state index contributed by atoms with van der Waals surface area (Å²) in [7, 11) is 2.04. The molecule has 0 saturated heterocycles. The third-order valence-electron chi connectivity index (χ3n) is 8.62. The second-order valence-corrected chi connectivity index (χ2v) is 11.9. The Bertz CT molecular complexity index is 1990. The summed E-state index contributed by atoms with van der Waals surface area (Å²) in [6.07, 6.45) is 4.29. The van der Waals surface area contributed by atoms with Gasteiger partial charge in [-0.3, -0.25) is 4.79 Å². The van der Waals surface area contributed by atoms with E-state index in [-0.39, 0.29) is 5.43 Å². The van der Waals surface area contributed by atoms with Crippen LogP contribution in [0, 0.1) is 0 Å². The number of aryl methyl sites for hydroxylation is 1. The van der Waals surface area contributed by atoms with Crippen LogP contribution in [0.3, 0.4) is 0 Å². The first kappa shape index (κ1) is 27.1. The summed E-state index contributed by atoms with van der Waals surface area (Å²) < 4.78 is 4.50. The molecule has 0 amide bonds. The van der Waals surface area contributed by atoms with Gasteiger partial charge in [-0.25, -0.2) is 4.98 Å². The van der Waals surface area contributed by atoms with Gasteiger partial charge < -0.3 is 9.13 Å². The zero-order chi connectivity index (χ0) is 29.4. The summed E-state index contributed by atoms with van der Waals surface area (Å²) in [5.41, 5.74) is 6.94. The highest BCUT2D eigenvalue weighted by atomic mass is 32.1. The molecule has 4 nitrogen and oxygen atoms in total. The third kappa shape index (κ3) is 4.34. The van der Waals surface area contributed by atoms with Crippen LogP contribution in [0.2, 0.25) is 0 Å². The van der Waals surface area contributed by atoms with E-state index in [1.165, 1.54) is 0 Å². The smallest absolute Gasteiger partial charge is 0.193 e. The zero-order valence-electron chi connectivity index (χ0n) is 24.4. The van der Waals surface area contributed by atoms with Gasteiger partial charge in [0.25, 0.3) is 0 Å². The van der Waals surface area contributed by atoms with Crippen molar-refractivity contribution < 1.29 is 0 Å². The molecule has 0 bridgehead atoms. The molecule has 5 heteroatoms. The molecule has 0 aliphatic heterocycles. The van der Waals surface area contributed by atoms with Gasteiger partial charge in [0.15, 0.2) is 5.43 Å². The van der Waals surface area contributed by atoms with E-state index < -0.39 is 5.54 Å². The second-order valence-electron chi connectivity index (χ2n) is 11.1. The maximum atomic E-state index is 14.1. The highest BCUT2D eigenvalue weighted by molar-refractivity contribution is 7.16. The van der Waals surface area contributed by atoms with Crippen LogP contribution in [0.25, 0.3) is 21.1 Å². The number of nitrogens with zero attached hydrogens (tertiary/aromatic N) is 3. The number of rotatable bonds is 8. The largest absolute Gasteiger partial charge is 0.335 e. The maximum absolute atomic E-state index is 14.1. The van der Waals surface area contributed by atoms with Crippen LogP contribution in [0.1, 0.15) is 47.0 Å². The standard InChI is InChI=1S/C38H33N3OS/c1-3-15-34-32(24-27-25-43-37-35(36(27)42)31-22-13-14-23-33(31)40(37)2)39-26-41(34)38(28-16-7-4-8-17-28,29-18-9-5-10-19-29)30-20-11-6-12-21-30/h4-14,16-23,25-26H,3,15,24H2,1-2H3. The Hall–Kier alpha value is -4.74. The average Bonchev–Trinajstić information content (AvgIpc) is 3.59. The first-order valence-electron chi connectivity index (χ1n) is 14.8. The summed E-state index contributed by atoms with van der Waals surface area (Å²) in [6.45, 7) is 2.21. The molecule has 4 aromatic carbocycles. The molecule has 0 aliphatic carbocycles. The Morgan fingerprint density at radius 2 is 1.33 bits per heavy atom. The molecule has 3 heterocycles. The number of imidazole rings is 1.